The van der Waals surface area contributed by atoms with E-state index in [0.717, 1.165) is 15.7 Å². The van der Waals surface area contributed by atoms with Crippen LogP contribution in [0.2, 0.25) is 0 Å². The molecule has 0 atom stereocenters. The molecule has 3 heteroatoms. The van der Waals surface area contributed by atoms with Gasteiger partial charge in [-0.1, -0.05) is 27.9 Å². The molecular weight excluding hydrogens is 258 g/mol. The highest BCUT2D eigenvalue weighted by atomic mass is 79.9. The summed E-state index contributed by atoms with van der Waals surface area (Å²) >= 11 is 4.95. The van der Waals surface area contributed by atoms with Gasteiger partial charge in [-0.05, 0) is 24.1 Å². The summed E-state index contributed by atoms with van der Waals surface area (Å²) in [5.74, 6) is 6.05. The minimum Gasteiger partial charge on any atom is -0.236 e. The van der Waals surface area contributed by atoms with Crippen molar-refractivity contribution in [1.29, 1.82) is 0 Å². The Morgan fingerprint density at radius 2 is 2.21 bits per heavy atom. The SMILES string of the molecule is Brc1cccc(C#Cc2cscn2)c1. The van der Waals surface area contributed by atoms with Crippen LogP contribution in [0.3, 0.4) is 0 Å². The van der Waals surface area contributed by atoms with Gasteiger partial charge in [-0.3, -0.25) is 0 Å². The summed E-state index contributed by atoms with van der Waals surface area (Å²) in [5, 5.41) is 1.94. The molecule has 2 aromatic rings. The Bertz CT molecular complexity index is 479. The van der Waals surface area contributed by atoms with Crippen molar-refractivity contribution in [3.05, 3.63) is 50.9 Å². The van der Waals surface area contributed by atoms with E-state index in [0.29, 0.717) is 0 Å². The zero-order chi connectivity index (χ0) is 9.80. The molecule has 0 saturated carbocycles. The van der Waals surface area contributed by atoms with Crippen molar-refractivity contribution in [2.45, 2.75) is 0 Å². The number of hydrogen-bond acceptors (Lipinski definition) is 2. The van der Waals surface area contributed by atoms with Crippen molar-refractivity contribution in [2.75, 3.05) is 0 Å². The van der Waals surface area contributed by atoms with E-state index in [1.54, 1.807) is 16.8 Å². The lowest BCUT2D eigenvalue weighted by atomic mass is 10.2. The summed E-state index contributed by atoms with van der Waals surface area (Å²) in [6.45, 7) is 0. The number of nitrogens with zero attached hydrogens (tertiary/aromatic N) is 1. The summed E-state index contributed by atoms with van der Waals surface area (Å²) in [6, 6.07) is 7.91. The van der Waals surface area contributed by atoms with Crippen LogP contribution in [0.4, 0.5) is 0 Å². The maximum absolute atomic E-state index is 4.09. The highest BCUT2D eigenvalue weighted by molar-refractivity contribution is 9.10. The second-order valence-corrected chi connectivity index (χ2v) is 4.27. The Kier molecular flexibility index (Phi) is 2.97. The minimum atomic E-state index is 0.829. The standard InChI is InChI=1S/C11H6BrNS/c12-10-3-1-2-9(6-10)4-5-11-7-14-8-13-11/h1-3,6-8H. The number of halogens is 1. The predicted octanol–water partition coefficient (Wildman–Crippen LogP) is 3.31. The van der Waals surface area contributed by atoms with Gasteiger partial charge < -0.3 is 0 Å². The molecule has 14 heavy (non-hydrogen) atoms. The number of aromatic nitrogens is 1. The van der Waals surface area contributed by atoms with Crippen LogP contribution < -0.4 is 0 Å². The van der Waals surface area contributed by atoms with Crippen molar-refractivity contribution >= 4 is 27.3 Å². The van der Waals surface area contributed by atoms with E-state index in [4.69, 9.17) is 0 Å². The molecule has 1 aromatic heterocycles. The van der Waals surface area contributed by atoms with Crippen LogP contribution in [0.1, 0.15) is 11.3 Å². The van der Waals surface area contributed by atoms with Crippen LogP contribution in [-0.4, -0.2) is 4.98 Å². The average Bonchev–Trinajstić information content (AvgIpc) is 2.67. The lowest BCUT2D eigenvalue weighted by molar-refractivity contribution is 1.37. The number of hydrogen-bond donors (Lipinski definition) is 0. The molecule has 0 unspecified atom stereocenters. The monoisotopic (exact) mass is 263 g/mol. The van der Waals surface area contributed by atoms with E-state index in [2.05, 4.69) is 32.8 Å². The van der Waals surface area contributed by atoms with Gasteiger partial charge in [-0.25, -0.2) is 4.98 Å². The predicted molar refractivity (Wildman–Crippen MR) is 62.2 cm³/mol. The van der Waals surface area contributed by atoms with Gasteiger partial charge in [0.1, 0.15) is 5.69 Å². The second-order valence-electron chi connectivity index (χ2n) is 2.63. The lowest BCUT2D eigenvalue weighted by Crippen LogP contribution is -1.75. The van der Waals surface area contributed by atoms with Gasteiger partial charge in [0, 0.05) is 15.4 Å². The molecule has 1 nitrogen and oxygen atoms in total. The van der Waals surface area contributed by atoms with Gasteiger partial charge in [0.05, 0.1) is 5.51 Å². The van der Waals surface area contributed by atoms with Crippen molar-refractivity contribution in [2.24, 2.45) is 0 Å². The molecule has 0 bridgehead atoms. The molecule has 1 aromatic carbocycles. The Morgan fingerprint density at radius 3 is 2.93 bits per heavy atom. The van der Waals surface area contributed by atoms with Crippen molar-refractivity contribution in [3.8, 4) is 11.8 Å². The van der Waals surface area contributed by atoms with Crippen molar-refractivity contribution in [3.63, 3.8) is 0 Å². The van der Waals surface area contributed by atoms with E-state index in [-0.39, 0.29) is 0 Å². The summed E-state index contributed by atoms with van der Waals surface area (Å²) in [4.78, 5) is 4.09. The Hall–Kier alpha value is -1.11. The third kappa shape index (κ3) is 2.44. The Labute approximate surface area is 94.9 Å². The van der Waals surface area contributed by atoms with E-state index in [9.17, 15) is 0 Å². The Morgan fingerprint density at radius 1 is 1.29 bits per heavy atom. The highest BCUT2D eigenvalue weighted by Gasteiger charge is 1.89. The fourth-order valence-corrected chi connectivity index (χ4v) is 1.86. The van der Waals surface area contributed by atoms with Crippen LogP contribution in [0.15, 0.2) is 39.6 Å². The first-order chi connectivity index (χ1) is 6.84. The molecule has 0 N–H and O–H groups in total. The number of thiazole rings is 1. The average molecular weight is 264 g/mol. The molecule has 0 aliphatic rings. The third-order valence-corrected chi connectivity index (χ3v) is 2.67. The third-order valence-electron chi connectivity index (χ3n) is 1.59. The van der Waals surface area contributed by atoms with Crippen molar-refractivity contribution in [1.82, 2.24) is 4.98 Å². The first-order valence-corrected chi connectivity index (χ1v) is 5.74. The first-order valence-electron chi connectivity index (χ1n) is 4.00. The van der Waals surface area contributed by atoms with Gasteiger partial charge in [-0.15, -0.1) is 11.3 Å². The van der Waals surface area contributed by atoms with E-state index in [1.165, 1.54) is 0 Å². The molecule has 0 amide bonds. The quantitative estimate of drug-likeness (QED) is 0.665. The fraction of sp³-hybridized carbons (Fsp3) is 0. The van der Waals surface area contributed by atoms with E-state index in [1.807, 2.05) is 29.6 Å². The Balaban J connectivity index is 2.26. The van der Waals surface area contributed by atoms with Crippen LogP contribution >= 0.6 is 27.3 Å². The highest BCUT2D eigenvalue weighted by Crippen LogP contribution is 2.10. The van der Waals surface area contributed by atoms with Crippen molar-refractivity contribution < 1.29 is 0 Å². The second kappa shape index (κ2) is 4.41. The van der Waals surface area contributed by atoms with Gasteiger partial charge >= 0.3 is 0 Å². The molecular formula is C11H6BrNS. The van der Waals surface area contributed by atoms with Crippen LogP contribution in [0.5, 0.6) is 0 Å². The lowest BCUT2D eigenvalue weighted by Gasteiger charge is -1.89. The molecule has 1 heterocycles. The largest absolute Gasteiger partial charge is 0.236 e. The summed E-state index contributed by atoms with van der Waals surface area (Å²) in [6.07, 6.45) is 0. The summed E-state index contributed by atoms with van der Waals surface area (Å²) in [7, 11) is 0. The zero-order valence-corrected chi connectivity index (χ0v) is 9.60. The van der Waals surface area contributed by atoms with Crippen LogP contribution in [-0.2, 0) is 0 Å². The number of benzene rings is 1. The minimum absolute atomic E-state index is 0.829. The topological polar surface area (TPSA) is 12.9 Å². The molecule has 68 valence electrons. The van der Waals surface area contributed by atoms with E-state index >= 15 is 0 Å². The molecule has 0 saturated heterocycles. The normalized spacial score (nSPS) is 9.21. The van der Waals surface area contributed by atoms with E-state index < -0.39 is 0 Å². The summed E-state index contributed by atoms with van der Waals surface area (Å²) < 4.78 is 1.04. The molecule has 0 aliphatic carbocycles. The molecule has 2 rings (SSSR count). The van der Waals surface area contributed by atoms with Crippen LogP contribution in [0, 0.1) is 11.8 Å². The summed E-state index contributed by atoms with van der Waals surface area (Å²) in [5.41, 5.74) is 3.60. The van der Waals surface area contributed by atoms with Gasteiger partial charge in [0.25, 0.3) is 0 Å². The fourth-order valence-electron chi connectivity index (χ4n) is 0.977. The first kappa shape index (κ1) is 9.45. The zero-order valence-electron chi connectivity index (χ0n) is 7.20. The van der Waals surface area contributed by atoms with Gasteiger partial charge in [-0.2, -0.15) is 0 Å². The smallest absolute Gasteiger partial charge is 0.124 e. The molecule has 0 spiro atoms. The molecule has 0 aliphatic heterocycles. The van der Waals surface area contributed by atoms with Gasteiger partial charge in [0.15, 0.2) is 0 Å². The van der Waals surface area contributed by atoms with Gasteiger partial charge in [0.2, 0.25) is 0 Å². The molecule has 0 radical (unpaired) electrons. The van der Waals surface area contributed by atoms with Crippen LogP contribution in [0.25, 0.3) is 0 Å². The molecule has 0 fully saturated rings. The number of rotatable bonds is 0. The maximum atomic E-state index is 4.09. The maximum Gasteiger partial charge on any atom is 0.124 e.